The first-order valence-corrected chi connectivity index (χ1v) is 7.66. The van der Waals surface area contributed by atoms with E-state index in [1.165, 1.54) is 0 Å². The Hall–Kier alpha value is -2.01. The predicted octanol–water partition coefficient (Wildman–Crippen LogP) is 2.06. The zero-order valence-corrected chi connectivity index (χ0v) is 13.1. The second-order valence-electron chi connectivity index (χ2n) is 5.35. The van der Waals surface area contributed by atoms with Crippen LogP contribution in [-0.2, 0) is 21.0 Å². The van der Waals surface area contributed by atoms with Crippen molar-refractivity contribution in [3.05, 3.63) is 35.9 Å². The summed E-state index contributed by atoms with van der Waals surface area (Å²) in [6, 6.07) is 9.85. The van der Waals surface area contributed by atoms with Crippen molar-refractivity contribution in [2.45, 2.75) is 26.8 Å². The van der Waals surface area contributed by atoms with Gasteiger partial charge < -0.3 is 4.84 Å². The lowest BCUT2D eigenvalue weighted by molar-refractivity contribution is -0.135. The molecule has 0 spiro atoms. The Morgan fingerprint density at radius 2 is 1.82 bits per heavy atom. The van der Waals surface area contributed by atoms with Crippen LogP contribution >= 0.6 is 0 Å². The van der Waals surface area contributed by atoms with E-state index >= 15 is 0 Å². The summed E-state index contributed by atoms with van der Waals surface area (Å²) in [5.74, 6) is -0.913. The maximum Gasteiger partial charge on any atom is 0.163 e. The second kappa shape index (κ2) is 7.84. The molecule has 5 nitrogen and oxygen atoms in total. The van der Waals surface area contributed by atoms with Gasteiger partial charge in [-0.15, -0.1) is 0 Å². The van der Waals surface area contributed by atoms with Crippen LogP contribution in [0.15, 0.2) is 35.5 Å². The van der Waals surface area contributed by atoms with E-state index in [1.54, 1.807) is 0 Å². The average molecular weight is 302 g/mol. The molecular formula is C17H22N2O3. The molecule has 0 unspecified atom stereocenters. The van der Waals surface area contributed by atoms with Crippen LogP contribution in [0.3, 0.4) is 0 Å². The number of likely N-dealkylation sites (tertiary alicyclic amines) is 1. The topological polar surface area (TPSA) is 59.0 Å². The van der Waals surface area contributed by atoms with Crippen molar-refractivity contribution in [2.75, 3.05) is 19.7 Å². The molecule has 0 amide bonds. The number of Topliss-reactive ketones (excluding diaryl/α,β-unsaturated/α-hetero) is 2. The van der Waals surface area contributed by atoms with Crippen molar-refractivity contribution in [1.29, 1.82) is 0 Å². The number of oxime groups is 1. The van der Waals surface area contributed by atoms with Crippen LogP contribution in [0.2, 0.25) is 0 Å². The molecule has 5 heteroatoms. The molecule has 1 aromatic rings. The summed E-state index contributed by atoms with van der Waals surface area (Å²) in [7, 11) is 0. The van der Waals surface area contributed by atoms with Crippen LogP contribution in [0, 0.1) is 5.92 Å². The molecule has 1 aliphatic rings. The summed E-state index contributed by atoms with van der Waals surface area (Å²) in [6.45, 7) is 5.29. The molecule has 22 heavy (non-hydrogen) atoms. The Balaban J connectivity index is 2.05. The van der Waals surface area contributed by atoms with Crippen molar-refractivity contribution >= 4 is 17.3 Å². The number of benzene rings is 1. The third kappa shape index (κ3) is 4.01. The molecule has 1 aliphatic heterocycles. The third-order valence-corrected chi connectivity index (χ3v) is 3.66. The van der Waals surface area contributed by atoms with Crippen molar-refractivity contribution in [3.8, 4) is 0 Å². The highest BCUT2D eigenvalue weighted by Gasteiger charge is 2.37. The fourth-order valence-electron chi connectivity index (χ4n) is 2.65. The fourth-order valence-corrected chi connectivity index (χ4v) is 2.65. The summed E-state index contributed by atoms with van der Waals surface area (Å²) in [5, 5.41) is 3.95. The van der Waals surface area contributed by atoms with Gasteiger partial charge in [0.05, 0.1) is 18.8 Å². The Kier molecular flexibility index (Phi) is 5.83. The molecule has 1 fully saturated rings. The number of ketones is 2. The second-order valence-corrected chi connectivity index (χ2v) is 5.35. The molecule has 1 aromatic carbocycles. The maximum atomic E-state index is 12.4. The summed E-state index contributed by atoms with van der Waals surface area (Å²) in [4.78, 5) is 31.6. The molecular weight excluding hydrogens is 280 g/mol. The van der Waals surface area contributed by atoms with Crippen molar-refractivity contribution < 1.29 is 14.4 Å². The molecule has 0 saturated carbocycles. The number of piperidine rings is 1. The lowest BCUT2D eigenvalue weighted by Crippen LogP contribution is -2.49. The lowest BCUT2D eigenvalue weighted by atomic mass is 9.88. The molecule has 0 bridgehead atoms. The van der Waals surface area contributed by atoms with Gasteiger partial charge in [-0.05, 0) is 18.9 Å². The standard InChI is InChI=1S/C17H22N2O3/c1-3-14(18-22-4-2)17-15(20)11-19(12-16(17)21)10-13-8-6-5-7-9-13/h5-9,17H,3-4,10-12H2,1-2H3. The number of carbonyl (C=O) groups excluding carboxylic acids is 2. The molecule has 0 aromatic heterocycles. The van der Waals surface area contributed by atoms with E-state index in [4.69, 9.17) is 4.84 Å². The smallest absolute Gasteiger partial charge is 0.163 e. The van der Waals surface area contributed by atoms with Gasteiger partial charge in [-0.1, -0.05) is 42.4 Å². The van der Waals surface area contributed by atoms with Crippen LogP contribution in [-0.4, -0.2) is 41.9 Å². The summed E-state index contributed by atoms with van der Waals surface area (Å²) >= 11 is 0. The molecule has 1 saturated heterocycles. The fraction of sp³-hybridized carbons (Fsp3) is 0.471. The number of hydrogen-bond donors (Lipinski definition) is 0. The molecule has 0 atom stereocenters. The highest BCUT2D eigenvalue weighted by Crippen LogP contribution is 2.17. The van der Waals surface area contributed by atoms with E-state index in [0.29, 0.717) is 25.3 Å². The zero-order valence-electron chi connectivity index (χ0n) is 13.1. The monoisotopic (exact) mass is 302 g/mol. The summed E-state index contributed by atoms with van der Waals surface area (Å²) < 4.78 is 0. The van der Waals surface area contributed by atoms with E-state index in [1.807, 2.05) is 49.1 Å². The van der Waals surface area contributed by atoms with E-state index in [0.717, 1.165) is 5.56 Å². The van der Waals surface area contributed by atoms with Crippen LogP contribution in [0.4, 0.5) is 0 Å². The first-order chi connectivity index (χ1) is 10.7. The molecule has 2 rings (SSSR count). The van der Waals surface area contributed by atoms with Gasteiger partial charge in [-0.2, -0.15) is 0 Å². The third-order valence-electron chi connectivity index (χ3n) is 3.66. The minimum absolute atomic E-state index is 0.0903. The molecule has 0 aliphatic carbocycles. The molecule has 1 heterocycles. The van der Waals surface area contributed by atoms with E-state index in [-0.39, 0.29) is 24.7 Å². The summed E-state index contributed by atoms with van der Waals surface area (Å²) in [6.07, 6.45) is 0.542. The minimum atomic E-state index is -0.733. The number of carbonyl (C=O) groups is 2. The van der Waals surface area contributed by atoms with Crippen molar-refractivity contribution in [3.63, 3.8) is 0 Å². The van der Waals surface area contributed by atoms with Crippen molar-refractivity contribution in [2.24, 2.45) is 11.1 Å². The number of rotatable bonds is 6. The Bertz CT molecular complexity index is 536. The van der Waals surface area contributed by atoms with Gasteiger partial charge >= 0.3 is 0 Å². The predicted molar refractivity (Wildman–Crippen MR) is 84.6 cm³/mol. The summed E-state index contributed by atoms with van der Waals surface area (Å²) in [5.41, 5.74) is 1.64. The van der Waals surface area contributed by atoms with Gasteiger partial charge in [0.2, 0.25) is 0 Å². The Morgan fingerprint density at radius 1 is 1.18 bits per heavy atom. The Labute approximate surface area is 130 Å². The van der Waals surface area contributed by atoms with Gasteiger partial charge in [0.25, 0.3) is 0 Å². The van der Waals surface area contributed by atoms with Gasteiger partial charge in [0, 0.05) is 6.54 Å². The normalized spacial score (nSPS) is 17.8. The van der Waals surface area contributed by atoms with Gasteiger partial charge in [-0.25, -0.2) is 0 Å². The van der Waals surface area contributed by atoms with Gasteiger partial charge in [0.15, 0.2) is 11.6 Å². The van der Waals surface area contributed by atoms with E-state index in [9.17, 15) is 9.59 Å². The highest BCUT2D eigenvalue weighted by molar-refractivity contribution is 6.22. The van der Waals surface area contributed by atoms with Crippen LogP contribution in [0.25, 0.3) is 0 Å². The number of hydrogen-bond acceptors (Lipinski definition) is 5. The van der Waals surface area contributed by atoms with Crippen LogP contribution in [0.5, 0.6) is 0 Å². The first-order valence-electron chi connectivity index (χ1n) is 7.66. The van der Waals surface area contributed by atoms with E-state index in [2.05, 4.69) is 5.16 Å². The SMILES string of the molecule is CCON=C(CC)C1C(=O)CN(Cc2ccccc2)CC1=O. The number of nitrogens with zero attached hydrogens (tertiary/aromatic N) is 2. The van der Waals surface area contributed by atoms with Gasteiger partial charge in [-0.3, -0.25) is 14.5 Å². The first kappa shape index (κ1) is 16.4. The van der Waals surface area contributed by atoms with E-state index < -0.39 is 5.92 Å². The quantitative estimate of drug-likeness (QED) is 0.458. The molecule has 0 radical (unpaired) electrons. The zero-order chi connectivity index (χ0) is 15.9. The largest absolute Gasteiger partial charge is 0.396 e. The minimum Gasteiger partial charge on any atom is -0.396 e. The lowest BCUT2D eigenvalue weighted by Gasteiger charge is -2.30. The maximum absolute atomic E-state index is 12.4. The van der Waals surface area contributed by atoms with Crippen LogP contribution < -0.4 is 0 Å². The van der Waals surface area contributed by atoms with Gasteiger partial charge in [0.1, 0.15) is 12.5 Å². The van der Waals surface area contributed by atoms with Crippen molar-refractivity contribution in [1.82, 2.24) is 4.90 Å². The van der Waals surface area contributed by atoms with Crippen LogP contribution in [0.1, 0.15) is 25.8 Å². The molecule has 118 valence electrons. The molecule has 0 N–H and O–H groups in total. The highest BCUT2D eigenvalue weighted by atomic mass is 16.6. The Morgan fingerprint density at radius 3 is 2.36 bits per heavy atom. The average Bonchev–Trinajstić information content (AvgIpc) is 2.51.